The number of nitrogens with two attached hydrogens (primary N) is 1. The first-order valence-electron chi connectivity index (χ1n) is 5.91. The van der Waals surface area contributed by atoms with Gasteiger partial charge in [-0.3, -0.25) is 4.68 Å². The third-order valence-electron chi connectivity index (χ3n) is 2.84. The van der Waals surface area contributed by atoms with Gasteiger partial charge >= 0.3 is 0 Å². The summed E-state index contributed by atoms with van der Waals surface area (Å²) in [5.41, 5.74) is 8.80. The zero-order valence-corrected chi connectivity index (χ0v) is 11.3. The maximum absolute atomic E-state index is 6.04. The molecule has 1 aromatic carbocycles. The highest BCUT2D eigenvalue weighted by molar-refractivity contribution is 6.30. The summed E-state index contributed by atoms with van der Waals surface area (Å²) in [5.74, 6) is 0.854. The number of nitrogens with zero attached hydrogens (tertiary/aromatic N) is 2. The molecule has 2 rings (SSSR count). The molecule has 3 N–H and O–H groups in total. The third kappa shape index (κ3) is 2.59. The van der Waals surface area contributed by atoms with E-state index >= 15 is 0 Å². The fourth-order valence-electron chi connectivity index (χ4n) is 1.90. The van der Waals surface area contributed by atoms with Crippen molar-refractivity contribution >= 4 is 23.1 Å². The summed E-state index contributed by atoms with van der Waals surface area (Å²) < 4.78 is 1.78. The second-order valence-corrected chi connectivity index (χ2v) is 4.61. The van der Waals surface area contributed by atoms with E-state index in [1.807, 2.05) is 38.2 Å². The standard InChI is InChI=1S/C13H17ClN4/c1-3-11-12(15)13(18(2)17-11)16-8-9-5-4-6-10(14)7-9/h4-7,16H,3,8,15H2,1-2H3. The maximum Gasteiger partial charge on any atom is 0.148 e. The van der Waals surface area contributed by atoms with Crippen molar-refractivity contribution < 1.29 is 0 Å². The Kier molecular flexibility index (Phi) is 3.77. The lowest BCUT2D eigenvalue weighted by Gasteiger charge is -2.08. The van der Waals surface area contributed by atoms with Crippen LogP contribution < -0.4 is 11.1 Å². The minimum atomic E-state index is 0.674. The van der Waals surface area contributed by atoms with Gasteiger partial charge in [0.05, 0.1) is 11.4 Å². The number of nitrogen functional groups attached to an aromatic ring is 1. The molecular weight excluding hydrogens is 248 g/mol. The van der Waals surface area contributed by atoms with Crippen molar-refractivity contribution in [3.8, 4) is 0 Å². The molecule has 0 aliphatic carbocycles. The van der Waals surface area contributed by atoms with E-state index in [0.29, 0.717) is 6.54 Å². The van der Waals surface area contributed by atoms with Gasteiger partial charge in [-0.1, -0.05) is 30.7 Å². The summed E-state index contributed by atoms with van der Waals surface area (Å²) in [6.45, 7) is 2.72. The quantitative estimate of drug-likeness (QED) is 0.893. The van der Waals surface area contributed by atoms with Gasteiger partial charge in [-0.05, 0) is 24.1 Å². The second kappa shape index (κ2) is 5.31. The van der Waals surface area contributed by atoms with Crippen molar-refractivity contribution in [2.45, 2.75) is 19.9 Å². The summed E-state index contributed by atoms with van der Waals surface area (Å²) in [7, 11) is 1.88. The number of halogens is 1. The van der Waals surface area contributed by atoms with Crippen LogP contribution in [0.1, 0.15) is 18.2 Å². The molecule has 0 unspecified atom stereocenters. The lowest BCUT2D eigenvalue weighted by atomic mass is 10.2. The van der Waals surface area contributed by atoms with Crippen molar-refractivity contribution in [3.63, 3.8) is 0 Å². The fourth-order valence-corrected chi connectivity index (χ4v) is 2.11. The Morgan fingerprint density at radius 1 is 1.44 bits per heavy atom. The Balaban J connectivity index is 2.13. The van der Waals surface area contributed by atoms with Crippen LogP contribution in [0.25, 0.3) is 0 Å². The number of aromatic nitrogens is 2. The Morgan fingerprint density at radius 3 is 2.83 bits per heavy atom. The number of hydrogen-bond acceptors (Lipinski definition) is 3. The molecule has 96 valence electrons. The lowest BCUT2D eigenvalue weighted by molar-refractivity contribution is 0.747. The summed E-state index contributed by atoms with van der Waals surface area (Å²) >= 11 is 5.95. The van der Waals surface area contributed by atoms with Crippen LogP contribution in [0.3, 0.4) is 0 Å². The minimum Gasteiger partial charge on any atom is -0.394 e. The molecule has 0 saturated carbocycles. The Labute approximate surface area is 112 Å². The Bertz CT molecular complexity index is 548. The molecule has 0 bridgehead atoms. The molecular formula is C13H17ClN4. The van der Waals surface area contributed by atoms with E-state index in [9.17, 15) is 0 Å². The number of benzene rings is 1. The SMILES string of the molecule is CCc1nn(C)c(NCc2cccc(Cl)c2)c1N. The first-order chi connectivity index (χ1) is 8.61. The number of hydrogen-bond donors (Lipinski definition) is 2. The van der Waals surface area contributed by atoms with Gasteiger partial charge in [0.25, 0.3) is 0 Å². The van der Waals surface area contributed by atoms with Crippen LogP contribution >= 0.6 is 11.6 Å². The second-order valence-electron chi connectivity index (χ2n) is 4.17. The van der Waals surface area contributed by atoms with Crippen LogP contribution in [0, 0.1) is 0 Å². The largest absolute Gasteiger partial charge is 0.394 e. The molecule has 0 saturated heterocycles. The first kappa shape index (κ1) is 12.8. The summed E-state index contributed by atoms with van der Waals surface area (Å²) in [6.07, 6.45) is 0.832. The highest BCUT2D eigenvalue weighted by atomic mass is 35.5. The topological polar surface area (TPSA) is 55.9 Å². The van der Waals surface area contributed by atoms with Crippen molar-refractivity contribution in [3.05, 3.63) is 40.5 Å². The summed E-state index contributed by atoms with van der Waals surface area (Å²) in [4.78, 5) is 0. The Morgan fingerprint density at radius 2 is 2.22 bits per heavy atom. The van der Waals surface area contributed by atoms with Gasteiger partial charge in [0.15, 0.2) is 0 Å². The zero-order chi connectivity index (χ0) is 13.1. The van der Waals surface area contributed by atoms with Gasteiger partial charge in [-0.2, -0.15) is 5.10 Å². The van der Waals surface area contributed by atoms with E-state index in [4.69, 9.17) is 17.3 Å². The van der Waals surface area contributed by atoms with Crippen LogP contribution in [0.2, 0.25) is 5.02 Å². The van der Waals surface area contributed by atoms with E-state index in [1.54, 1.807) is 4.68 Å². The van der Waals surface area contributed by atoms with E-state index in [0.717, 1.165) is 34.2 Å². The molecule has 1 aromatic heterocycles. The predicted molar refractivity (Wildman–Crippen MR) is 75.8 cm³/mol. The van der Waals surface area contributed by atoms with Gasteiger partial charge in [0.1, 0.15) is 5.82 Å². The minimum absolute atomic E-state index is 0.674. The number of nitrogens with one attached hydrogen (secondary N) is 1. The first-order valence-corrected chi connectivity index (χ1v) is 6.29. The highest BCUT2D eigenvalue weighted by Crippen LogP contribution is 2.23. The number of aryl methyl sites for hydroxylation is 2. The van der Waals surface area contributed by atoms with Crippen LogP contribution in [0.5, 0.6) is 0 Å². The predicted octanol–water partition coefficient (Wildman–Crippen LogP) is 2.83. The molecule has 0 spiro atoms. The van der Waals surface area contributed by atoms with Crippen molar-refractivity contribution in [1.29, 1.82) is 0 Å². The van der Waals surface area contributed by atoms with E-state index in [-0.39, 0.29) is 0 Å². The smallest absolute Gasteiger partial charge is 0.148 e. The molecule has 0 fully saturated rings. The fraction of sp³-hybridized carbons (Fsp3) is 0.308. The van der Waals surface area contributed by atoms with E-state index in [2.05, 4.69) is 10.4 Å². The molecule has 0 radical (unpaired) electrons. The van der Waals surface area contributed by atoms with Gasteiger partial charge in [-0.25, -0.2) is 0 Å². The molecule has 0 aliphatic heterocycles. The van der Waals surface area contributed by atoms with Gasteiger partial charge in [0, 0.05) is 18.6 Å². The summed E-state index contributed by atoms with van der Waals surface area (Å²) in [6, 6.07) is 7.75. The van der Waals surface area contributed by atoms with Gasteiger partial charge < -0.3 is 11.1 Å². The zero-order valence-electron chi connectivity index (χ0n) is 10.6. The molecule has 0 amide bonds. The van der Waals surface area contributed by atoms with Crippen molar-refractivity contribution in [1.82, 2.24) is 9.78 Å². The molecule has 5 heteroatoms. The van der Waals surface area contributed by atoms with Crippen LogP contribution in [0.15, 0.2) is 24.3 Å². The number of rotatable bonds is 4. The average molecular weight is 265 g/mol. The molecule has 2 aromatic rings. The average Bonchev–Trinajstić information content (AvgIpc) is 2.62. The number of anilines is 2. The van der Waals surface area contributed by atoms with Crippen molar-refractivity contribution in [2.24, 2.45) is 7.05 Å². The van der Waals surface area contributed by atoms with Crippen LogP contribution in [-0.2, 0) is 20.0 Å². The maximum atomic E-state index is 6.04. The Hall–Kier alpha value is -1.68. The van der Waals surface area contributed by atoms with Crippen LogP contribution in [-0.4, -0.2) is 9.78 Å². The molecule has 4 nitrogen and oxygen atoms in total. The van der Waals surface area contributed by atoms with Crippen LogP contribution in [0.4, 0.5) is 11.5 Å². The lowest BCUT2D eigenvalue weighted by Crippen LogP contribution is -2.06. The monoisotopic (exact) mass is 264 g/mol. The van der Waals surface area contributed by atoms with Gasteiger partial charge in [0.2, 0.25) is 0 Å². The molecule has 18 heavy (non-hydrogen) atoms. The molecule has 0 aliphatic rings. The molecule has 0 atom stereocenters. The van der Waals surface area contributed by atoms with E-state index < -0.39 is 0 Å². The summed E-state index contributed by atoms with van der Waals surface area (Å²) in [5, 5.41) is 8.40. The highest BCUT2D eigenvalue weighted by Gasteiger charge is 2.11. The van der Waals surface area contributed by atoms with Gasteiger partial charge in [-0.15, -0.1) is 0 Å². The van der Waals surface area contributed by atoms with E-state index in [1.165, 1.54) is 0 Å². The third-order valence-corrected chi connectivity index (χ3v) is 3.08. The van der Waals surface area contributed by atoms with Crippen molar-refractivity contribution in [2.75, 3.05) is 11.1 Å². The molecule has 1 heterocycles. The normalized spacial score (nSPS) is 10.6.